The molecule has 0 radical (unpaired) electrons. The summed E-state index contributed by atoms with van der Waals surface area (Å²) in [5.41, 5.74) is 0.383. The van der Waals surface area contributed by atoms with Gasteiger partial charge in [0.15, 0.2) is 0 Å². The Bertz CT molecular complexity index is 420. The number of hydrogen-bond acceptors (Lipinski definition) is 2. The summed E-state index contributed by atoms with van der Waals surface area (Å²) in [6.07, 6.45) is -0.667. The van der Waals surface area contributed by atoms with Crippen LogP contribution in [0.4, 0.5) is 13.2 Å². The molecule has 0 atom stereocenters. The Hall–Kier alpha value is -1.07. The van der Waals surface area contributed by atoms with Gasteiger partial charge in [-0.25, -0.2) is 0 Å². The minimum atomic E-state index is -4.25. The molecule has 21 heavy (non-hydrogen) atoms. The second-order valence-electron chi connectivity index (χ2n) is 5.81. The van der Waals surface area contributed by atoms with Crippen LogP contribution in [0, 0.1) is 5.92 Å². The maximum atomic E-state index is 12.5. The van der Waals surface area contributed by atoms with E-state index in [1.54, 1.807) is 12.1 Å². The number of benzene rings is 1. The molecule has 1 fully saturated rings. The molecule has 0 aliphatic carbocycles. The lowest BCUT2D eigenvalue weighted by atomic mass is 9.93. The number of nitrogens with one attached hydrogen (secondary N) is 1. The van der Waals surface area contributed by atoms with E-state index in [2.05, 4.69) is 10.2 Å². The standard InChI is InChI=1S/C16H23F3N2/c1-20-9-6-13-7-10-21(11-8-13)12-14-2-4-15(5-3-14)16(17,18)19/h2-5,13,20H,6-12H2,1H3. The third-order valence-electron chi connectivity index (χ3n) is 4.20. The van der Waals surface area contributed by atoms with Crippen molar-refractivity contribution in [2.24, 2.45) is 5.92 Å². The summed E-state index contributed by atoms with van der Waals surface area (Å²) in [5, 5.41) is 3.18. The Balaban J connectivity index is 1.81. The molecule has 0 aromatic heterocycles. The van der Waals surface area contributed by atoms with Crippen LogP contribution >= 0.6 is 0 Å². The third kappa shape index (κ3) is 5.00. The summed E-state index contributed by atoms with van der Waals surface area (Å²) in [4.78, 5) is 2.33. The zero-order chi connectivity index (χ0) is 15.3. The van der Waals surface area contributed by atoms with Gasteiger partial charge in [-0.15, -0.1) is 0 Å². The lowest BCUT2D eigenvalue weighted by molar-refractivity contribution is -0.137. The molecule has 5 heteroatoms. The molecule has 1 N–H and O–H groups in total. The van der Waals surface area contributed by atoms with Crippen molar-refractivity contribution in [3.8, 4) is 0 Å². The van der Waals surface area contributed by atoms with Gasteiger partial charge in [0, 0.05) is 6.54 Å². The number of alkyl halides is 3. The average molecular weight is 300 g/mol. The van der Waals surface area contributed by atoms with Crippen molar-refractivity contribution in [3.05, 3.63) is 35.4 Å². The number of rotatable bonds is 5. The van der Waals surface area contributed by atoms with Gasteiger partial charge in [0.25, 0.3) is 0 Å². The lowest BCUT2D eigenvalue weighted by Crippen LogP contribution is -2.34. The monoisotopic (exact) mass is 300 g/mol. The predicted molar refractivity (Wildman–Crippen MR) is 78.0 cm³/mol. The van der Waals surface area contributed by atoms with Crippen LogP contribution in [0.2, 0.25) is 0 Å². The highest BCUT2D eigenvalue weighted by molar-refractivity contribution is 5.24. The van der Waals surface area contributed by atoms with Crippen LogP contribution in [0.3, 0.4) is 0 Å². The fourth-order valence-electron chi connectivity index (χ4n) is 2.84. The number of nitrogens with zero attached hydrogens (tertiary/aromatic N) is 1. The van der Waals surface area contributed by atoms with Gasteiger partial charge in [-0.05, 0) is 69.6 Å². The summed E-state index contributed by atoms with van der Waals surface area (Å²) in [6.45, 7) is 3.88. The van der Waals surface area contributed by atoms with Crippen LogP contribution in [-0.2, 0) is 12.7 Å². The van der Waals surface area contributed by atoms with E-state index in [1.807, 2.05) is 7.05 Å². The normalized spacial score (nSPS) is 18.1. The molecule has 0 bridgehead atoms. The summed E-state index contributed by atoms with van der Waals surface area (Å²) >= 11 is 0. The van der Waals surface area contributed by atoms with Crippen LogP contribution in [0.25, 0.3) is 0 Å². The van der Waals surface area contributed by atoms with Crippen molar-refractivity contribution in [1.29, 1.82) is 0 Å². The molecule has 1 saturated heterocycles. The zero-order valence-corrected chi connectivity index (χ0v) is 12.4. The van der Waals surface area contributed by atoms with E-state index in [9.17, 15) is 13.2 Å². The van der Waals surface area contributed by atoms with E-state index in [0.717, 1.165) is 37.7 Å². The molecular weight excluding hydrogens is 277 g/mol. The highest BCUT2D eigenvalue weighted by Crippen LogP contribution is 2.29. The van der Waals surface area contributed by atoms with Crippen molar-refractivity contribution in [2.45, 2.75) is 32.0 Å². The molecule has 2 nitrogen and oxygen atoms in total. The number of likely N-dealkylation sites (tertiary alicyclic amines) is 1. The maximum absolute atomic E-state index is 12.5. The first-order chi connectivity index (χ1) is 9.99. The number of halogens is 3. The van der Waals surface area contributed by atoms with Gasteiger partial charge in [0.2, 0.25) is 0 Å². The van der Waals surface area contributed by atoms with E-state index >= 15 is 0 Å². The molecule has 1 aliphatic heterocycles. The molecule has 0 spiro atoms. The Morgan fingerprint density at radius 1 is 1.14 bits per heavy atom. The van der Waals surface area contributed by atoms with Crippen molar-refractivity contribution in [2.75, 3.05) is 26.7 Å². The fraction of sp³-hybridized carbons (Fsp3) is 0.625. The fourth-order valence-corrected chi connectivity index (χ4v) is 2.84. The Kier molecular flexibility index (Phi) is 5.65. The van der Waals surface area contributed by atoms with Gasteiger partial charge >= 0.3 is 6.18 Å². The SMILES string of the molecule is CNCCC1CCN(Cc2ccc(C(F)(F)F)cc2)CC1. The molecule has 0 saturated carbocycles. The molecular formula is C16H23F3N2. The Morgan fingerprint density at radius 3 is 2.29 bits per heavy atom. The minimum absolute atomic E-state index is 0.572. The van der Waals surface area contributed by atoms with E-state index in [4.69, 9.17) is 0 Å². The summed E-state index contributed by atoms with van der Waals surface area (Å²) < 4.78 is 37.5. The maximum Gasteiger partial charge on any atom is 0.416 e. The highest BCUT2D eigenvalue weighted by atomic mass is 19.4. The molecule has 0 unspecified atom stereocenters. The average Bonchev–Trinajstić information content (AvgIpc) is 2.46. The van der Waals surface area contributed by atoms with Gasteiger partial charge in [0.05, 0.1) is 5.56 Å². The quantitative estimate of drug-likeness (QED) is 0.895. The van der Waals surface area contributed by atoms with Crippen molar-refractivity contribution in [3.63, 3.8) is 0 Å². The predicted octanol–water partition coefficient (Wildman–Crippen LogP) is 3.53. The van der Waals surface area contributed by atoms with Crippen LogP contribution in [0.15, 0.2) is 24.3 Å². The molecule has 2 rings (SSSR count). The molecule has 0 amide bonds. The van der Waals surface area contributed by atoms with Crippen LogP contribution < -0.4 is 5.32 Å². The summed E-state index contributed by atoms with van der Waals surface area (Å²) in [7, 11) is 1.97. The molecule has 1 aromatic carbocycles. The van der Waals surface area contributed by atoms with Crippen LogP contribution in [0.1, 0.15) is 30.4 Å². The highest BCUT2D eigenvalue weighted by Gasteiger charge is 2.30. The second-order valence-corrected chi connectivity index (χ2v) is 5.81. The zero-order valence-electron chi connectivity index (χ0n) is 12.4. The Labute approximate surface area is 124 Å². The Morgan fingerprint density at radius 2 is 1.76 bits per heavy atom. The third-order valence-corrected chi connectivity index (χ3v) is 4.20. The first kappa shape index (κ1) is 16.3. The molecule has 1 heterocycles. The van der Waals surface area contributed by atoms with Gasteiger partial charge in [0.1, 0.15) is 0 Å². The van der Waals surface area contributed by atoms with Crippen LogP contribution in [-0.4, -0.2) is 31.6 Å². The summed E-state index contributed by atoms with van der Waals surface area (Å²) in [5.74, 6) is 0.779. The van der Waals surface area contributed by atoms with E-state index in [-0.39, 0.29) is 0 Å². The number of piperidine rings is 1. The first-order valence-electron chi connectivity index (χ1n) is 7.52. The minimum Gasteiger partial charge on any atom is -0.320 e. The second kappa shape index (κ2) is 7.27. The van der Waals surface area contributed by atoms with Crippen molar-refractivity contribution >= 4 is 0 Å². The van der Waals surface area contributed by atoms with Gasteiger partial charge in [-0.3, -0.25) is 4.90 Å². The van der Waals surface area contributed by atoms with E-state index < -0.39 is 11.7 Å². The van der Waals surface area contributed by atoms with Gasteiger partial charge in [-0.2, -0.15) is 13.2 Å². The van der Waals surface area contributed by atoms with Gasteiger partial charge in [-0.1, -0.05) is 12.1 Å². The van der Waals surface area contributed by atoms with E-state index in [1.165, 1.54) is 31.4 Å². The van der Waals surface area contributed by atoms with Crippen molar-refractivity contribution in [1.82, 2.24) is 10.2 Å². The molecule has 118 valence electrons. The smallest absolute Gasteiger partial charge is 0.320 e. The van der Waals surface area contributed by atoms with Crippen LogP contribution in [0.5, 0.6) is 0 Å². The van der Waals surface area contributed by atoms with Gasteiger partial charge < -0.3 is 5.32 Å². The topological polar surface area (TPSA) is 15.3 Å². The summed E-state index contributed by atoms with van der Waals surface area (Å²) in [6, 6.07) is 5.54. The lowest BCUT2D eigenvalue weighted by Gasteiger charge is -2.32. The first-order valence-corrected chi connectivity index (χ1v) is 7.52. The van der Waals surface area contributed by atoms with E-state index in [0.29, 0.717) is 0 Å². The molecule has 1 aliphatic rings. The van der Waals surface area contributed by atoms with Crippen molar-refractivity contribution < 1.29 is 13.2 Å². The molecule has 1 aromatic rings. The largest absolute Gasteiger partial charge is 0.416 e. The number of hydrogen-bond donors (Lipinski definition) is 1.